The van der Waals surface area contributed by atoms with Crippen LogP contribution in [-0.4, -0.2) is 96.1 Å². The van der Waals surface area contributed by atoms with Gasteiger partial charge in [0.05, 0.1) is 18.3 Å². The molecule has 7 nitrogen and oxygen atoms in total. The highest BCUT2D eigenvalue weighted by Crippen LogP contribution is 2.36. The molecule has 2 unspecified atom stereocenters. The first kappa shape index (κ1) is 21.2. The van der Waals surface area contributed by atoms with Crippen molar-refractivity contribution in [2.24, 2.45) is 4.99 Å². The fourth-order valence-corrected chi connectivity index (χ4v) is 6.46. The number of likely N-dealkylation sites (tertiary alicyclic amines) is 1. The zero-order valence-corrected chi connectivity index (χ0v) is 19.4. The fraction of sp³-hybridized carbons (Fsp3) is 0.577. The summed E-state index contributed by atoms with van der Waals surface area (Å²) in [6, 6.07) is 9.45. The van der Waals surface area contributed by atoms with Gasteiger partial charge in [-0.05, 0) is 51.0 Å². The van der Waals surface area contributed by atoms with Gasteiger partial charge in [-0.15, -0.1) is 0 Å². The molecule has 5 aliphatic rings. The molecule has 3 saturated heterocycles. The number of hydrogen-bond acceptors (Lipinski definition) is 7. The molecule has 0 aliphatic carbocycles. The van der Waals surface area contributed by atoms with Crippen LogP contribution in [0.3, 0.4) is 0 Å². The summed E-state index contributed by atoms with van der Waals surface area (Å²) in [5, 5.41) is 17.4. The number of benzene rings is 1. The van der Waals surface area contributed by atoms with E-state index in [1.165, 1.54) is 51.1 Å². The molecule has 3 fully saturated rings. The second-order valence-electron chi connectivity index (χ2n) is 10.2. The first-order valence-corrected chi connectivity index (χ1v) is 12.6. The number of nitrogens with one attached hydrogen (secondary N) is 2. The number of fused-ring (bicyclic) bond motifs is 3. The Morgan fingerprint density at radius 3 is 2.61 bits per heavy atom. The van der Waals surface area contributed by atoms with Gasteiger partial charge in [0, 0.05) is 55.4 Å². The second kappa shape index (κ2) is 8.78. The monoisotopic (exact) mass is 448 g/mol. The predicted octanol–water partition coefficient (Wildman–Crippen LogP) is 1.70. The molecule has 0 spiro atoms. The Balaban J connectivity index is 1.14. The van der Waals surface area contributed by atoms with Crippen LogP contribution in [-0.2, 0) is 0 Å². The van der Waals surface area contributed by atoms with Crippen LogP contribution in [0.5, 0.6) is 5.75 Å². The number of para-hydroxylation sites is 1. The standard InChI is InChI=1S/C26H36N6O/c1-18-23(22-4-2-3-5-25(22)33)14-24-26(29-18)28-16-21-17-31(12-13-32(21)24)19-7-10-30(11-8-19)20-6-9-27-15-20/h2-5,14,19-21,23,27,33H,1,6-13,15-17H2,(H,28,29)/t20?,21-,23?/m0/s1. The maximum absolute atomic E-state index is 10.4. The minimum atomic E-state index is -0.0497. The van der Waals surface area contributed by atoms with Gasteiger partial charge >= 0.3 is 0 Å². The van der Waals surface area contributed by atoms with E-state index in [1.54, 1.807) is 6.07 Å². The molecule has 0 bridgehead atoms. The van der Waals surface area contributed by atoms with Gasteiger partial charge in [0.2, 0.25) is 0 Å². The highest BCUT2D eigenvalue weighted by Gasteiger charge is 2.39. The van der Waals surface area contributed by atoms with Gasteiger partial charge in [0.25, 0.3) is 0 Å². The quantitative estimate of drug-likeness (QED) is 0.654. The van der Waals surface area contributed by atoms with Crippen LogP contribution in [0.15, 0.2) is 53.3 Å². The number of phenols is 1. The number of piperidine rings is 1. The molecule has 176 valence electrons. The number of allylic oxidation sites excluding steroid dienone is 1. The summed E-state index contributed by atoms with van der Waals surface area (Å²) < 4.78 is 0. The van der Waals surface area contributed by atoms with Crippen molar-refractivity contribution in [2.45, 2.75) is 43.3 Å². The normalized spacial score (nSPS) is 31.5. The summed E-state index contributed by atoms with van der Waals surface area (Å²) in [5.41, 5.74) is 2.95. The van der Waals surface area contributed by atoms with E-state index >= 15 is 0 Å². The van der Waals surface area contributed by atoms with Crippen molar-refractivity contribution in [3.8, 4) is 5.75 Å². The van der Waals surface area contributed by atoms with Gasteiger partial charge in [0.15, 0.2) is 0 Å². The Morgan fingerprint density at radius 1 is 0.970 bits per heavy atom. The number of phenolic OH excluding ortho intramolecular Hbond substituents is 1. The Kier molecular flexibility index (Phi) is 5.64. The van der Waals surface area contributed by atoms with Crippen LogP contribution in [0.4, 0.5) is 0 Å². The zero-order valence-electron chi connectivity index (χ0n) is 19.4. The molecule has 0 aromatic heterocycles. The van der Waals surface area contributed by atoms with E-state index in [0.717, 1.165) is 49.3 Å². The number of rotatable bonds is 3. The topological polar surface area (TPSA) is 66.4 Å². The first-order chi connectivity index (χ1) is 16.2. The molecule has 7 heteroatoms. The molecule has 5 aliphatic heterocycles. The van der Waals surface area contributed by atoms with Crippen LogP contribution in [0.1, 0.15) is 30.7 Å². The van der Waals surface area contributed by atoms with Crippen molar-refractivity contribution in [3.05, 3.63) is 53.9 Å². The highest BCUT2D eigenvalue weighted by atomic mass is 16.3. The number of amidine groups is 1. The van der Waals surface area contributed by atoms with Crippen molar-refractivity contribution in [1.29, 1.82) is 0 Å². The molecular formula is C26H36N6O. The van der Waals surface area contributed by atoms with Crippen molar-refractivity contribution in [2.75, 3.05) is 52.4 Å². The van der Waals surface area contributed by atoms with Crippen LogP contribution < -0.4 is 10.6 Å². The highest BCUT2D eigenvalue weighted by molar-refractivity contribution is 6.01. The predicted molar refractivity (Wildman–Crippen MR) is 131 cm³/mol. The van der Waals surface area contributed by atoms with Crippen LogP contribution in [0.2, 0.25) is 0 Å². The average Bonchev–Trinajstić information content (AvgIpc) is 3.39. The third-order valence-electron chi connectivity index (χ3n) is 8.34. The van der Waals surface area contributed by atoms with E-state index in [1.807, 2.05) is 18.2 Å². The van der Waals surface area contributed by atoms with Crippen molar-refractivity contribution >= 4 is 5.84 Å². The Hall–Kier alpha value is -2.35. The summed E-state index contributed by atoms with van der Waals surface area (Å²) in [4.78, 5) is 12.9. The Morgan fingerprint density at radius 2 is 1.82 bits per heavy atom. The molecule has 1 aromatic carbocycles. The lowest BCUT2D eigenvalue weighted by atomic mass is 9.90. The lowest BCUT2D eigenvalue weighted by Gasteiger charge is -2.50. The zero-order chi connectivity index (χ0) is 22.4. The smallest absolute Gasteiger partial charge is 0.148 e. The summed E-state index contributed by atoms with van der Waals surface area (Å²) >= 11 is 0. The van der Waals surface area contributed by atoms with Crippen molar-refractivity contribution < 1.29 is 5.11 Å². The summed E-state index contributed by atoms with van der Waals surface area (Å²) in [6.07, 6.45) is 6.14. The molecule has 6 rings (SSSR count). The van der Waals surface area contributed by atoms with Crippen molar-refractivity contribution in [3.63, 3.8) is 0 Å². The van der Waals surface area contributed by atoms with Crippen LogP contribution in [0, 0.1) is 0 Å². The van der Waals surface area contributed by atoms with E-state index in [0.29, 0.717) is 17.8 Å². The number of piperazine rings is 1. The SMILES string of the molecule is C=C1NC2=NC[C@H]3CN(C4CCN(C5CCNC5)CC4)CCN3C2=CC1c1ccccc1O. The van der Waals surface area contributed by atoms with E-state index in [4.69, 9.17) is 4.99 Å². The van der Waals surface area contributed by atoms with Crippen LogP contribution >= 0.6 is 0 Å². The molecule has 3 atom stereocenters. The maximum atomic E-state index is 10.4. The summed E-state index contributed by atoms with van der Waals surface area (Å²) in [6.45, 7) is 13.1. The molecule has 0 saturated carbocycles. The van der Waals surface area contributed by atoms with Gasteiger partial charge in [-0.25, -0.2) is 0 Å². The minimum Gasteiger partial charge on any atom is -0.508 e. The van der Waals surface area contributed by atoms with Gasteiger partial charge in [-0.3, -0.25) is 14.8 Å². The van der Waals surface area contributed by atoms with E-state index in [2.05, 4.69) is 38.0 Å². The van der Waals surface area contributed by atoms with E-state index < -0.39 is 0 Å². The fourth-order valence-electron chi connectivity index (χ4n) is 6.46. The van der Waals surface area contributed by atoms with E-state index in [-0.39, 0.29) is 5.92 Å². The Labute approximate surface area is 196 Å². The lowest BCUT2D eigenvalue weighted by Crippen LogP contribution is -2.61. The van der Waals surface area contributed by atoms with Gasteiger partial charge < -0.3 is 20.6 Å². The van der Waals surface area contributed by atoms with E-state index in [9.17, 15) is 5.11 Å². The van der Waals surface area contributed by atoms with Gasteiger partial charge in [0.1, 0.15) is 11.6 Å². The average molecular weight is 449 g/mol. The molecule has 5 heterocycles. The maximum Gasteiger partial charge on any atom is 0.148 e. The third kappa shape index (κ3) is 3.96. The number of aliphatic imine (C=N–C) groups is 1. The summed E-state index contributed by atoms with van der Waals surface area (Å²) in [7, 11) is 0. The molecule has 3 N–H and O–H groups in total. The largest absolute Gasteiger partial charge is 0.508 e. The van der Waals surface area contributed by atoms with Gasteiger partial charge in [-0.1, -0.05) is 24.8 Å². The number of nitrogens with zero attached hydrogens (tertiary/aromatic N) is 4. The van der Waals surface area contributed by atoms with Crippen molar-refractivity contribution in [1.82, 2.24) is 25.3 Å². The lowest BCUT2D eigenvalue weighted by molar-refractivity contribution is 0.0353. The number of aromatic hydroxyl groups is 1. The molecule has 33 heavy (non-hydrogen) atoms. The minimum absolute atomic E-state index is 0.0497. The molecular weight excluding hydrogens is 412 g/mol. The third-order valence-corrected chi connectivity index (χ3v) is 8.34. The summed E-state index contributed by atoms with van der Waals surface area (Å²) in [5.74, 6) is 1.21. The molecule has 0 amide bonds. The molecule has 0 radical (unpaired) electrons. The number of hydrogen-bond donors (Lipinski definition) is 3. The molecule has 1 aromatic rings. The second-order valence-corrected chi connectivity index (χ2v) is 10.2. The van der Waals surface area contributed by atoms with Crippen LogP contribution in [0.25, 0.3) is 0 Å². The Bertz CT molecular complexity index is 959. The van der Waals surface area contributed by atoms with Gasteiger partial charge in [-0.2, -0.15) is 0 Å². The first-order valence-electron chi connectivity index (χ1n) is 12.6.